The minimum absolute atomic E-state index is 0.0465. The van der Waals surface area contributed by atoms with E-state index in [1.165, 1.54) is 0 Å². The fourth-order valence-corrected chi connectivity index (χ4v) is 3.19. The number of furan rings is 1. The van der Waals surface area contributed by atoms with Crippen molar-refractivity contribution in [2.24, 2.45) is 0 Å². The van der Waals surface area contributed by atoms with E-state index in [9.17, 15) is 4.79 Å². The molecule has 25 heavy (non-hydrogen) atoms. The van der Waals surface area contributed by atoms with Gasteiger partial charge in [-0.3, -0.25) is 9.78 Å². The minimum atomic E-state index is -0.0465. The summed E-state index contributed by atoms with van der Waals surface area (Å²) in [6.45, 7) is 3.33. The predicted octanol–water partition coefficient (Wildman–Crippen LogP) is 3.82. The van der Waals surface area contributed by atoms with Gasteiger partial charge in [0.05, 0.1) is 0 Å². The summed E-state index contributed by atoms with van der Waals surface area (Å²) in [6.07, 6.45) is 5.29. The zero-order valence-corrected chi connectivity index (χ0v) is 14.1. The Labute approximate surface area is 146 Å². The van der Waals surface area contributed by atoms with Gasteiger partial charge in [0.2, 0.25) is 0 Å². The van der Waals surface area contributed by atoms with Gasteiger partial charge in [0, 0.05) is 49.3 Å². The lowest BCUT2D eigenvalue weighted by molar-refractivity contribution is 0.0567. The Bertz CT molecular complexity index is 862. The van der Waals surface area contributed by atoms with Crippen LogP contribution in [0.25, 0.3) is 11.0 Å². The van der Waals surface area contributed by atoms with Gasteiger partial charge in [0.1, 0.15) is 17.4 Å². The summed E-state index contributed by atoms with van der Waals surface area (Å²) in [5, 5.41) is 0.956. The number of carbonyl (C=O) groups is 1. The summed E-state index contributed by atoms with van der Waals surface area (Å²) in [7, 11) is 0. The first kappa shape index (κ1) is 15.7. The van der Waals surface area contributed by atoms with E-state index in [-0.39, 0.29) is 12.0 Å². The summed E-state index contributed by atoms with van der Waals surface area (Å²) < 4.78 is 11.8. The number of benzene rings is 1. The number of piperidine rings is 1. The number of hydrogen-bond acceptors (Lipinski definition) is 4. The monoisotopic (exact) mass is 336 g/mol. The van der Waals surface area contributed by atoms with E-state index in [2.05, 4.69) is 4.98 Å². The molecular weight excluding hydrogens is 316 g/mol. The maximum Gasteiger partial charge on any atom is 0.289 e. The average molecular weight is 336 g/mol. The number of fused-ring (bicyclic) bond motifs is 1. The standard InChI is InChI=1S/C20H20N2O3/c1-14-13-21-9-6-17(14)24-16-7-10-22(11-8-16)20(23)19-12-15-4-2-3-5-18(15)25-19/h2-6,9,12-13,16H,7-8,10-11H2,1H3. The van der Waals surface area contributed by atoms with Crippen LogP contribution in [0.1, 0.15) is 29.0 Å². The Kier molecular flexibility index (Phi) is 4.14. The molecule has 3 aromatic rings. The molecule has 0 saturated carbocycles. The Balaban J connectivity index is 1.39. The summed E-state index contributed by atoms with van der Waals surface area (Å²) in [5.74, 6) is 1.23. The fraction of sp³-hybridized carbons (Fsp3) is 0.300. The van der Waals surface area contributed by atoms with Crippen molar-refractivity contribution in [1.82, 2.24) is 9.88 Å². The highest BCUT2D eigenvalue weighted by Gasteiger charge is 2.26. The van der Waals surface area contributed by atoms with Crippen LogP contribution >= 0.6 is 0 Å². The lowest BCUT2D eigenvalue weighted by atomic mass is 10.1. The highest BCUT2D eigenvalue weighted by atomic mass is 16.5. The molecule has 1 saturated heterocycles. The van der Waals surface area contributed by atoms with Gasteiger partial charge in [0.25, 0.3) is 5.91 Å². The summed E-state index contributed by atoms with van der Waals surface area (Å²) >= 11 is 0. The van der Waals surface area contributed by atoms with Crippen molar-refractivity contribution in [3.8, 4) is 5.75 Å². The number of likely N-dealkylation sites (tertiary alicyclic amines) is 1. The number of hydrogen-bond donors (Lipinski definition) is 0. The molecular formula is C20H20N2O3. The van der Waals surface area contributed by atoms with Gasteiger partial charge >= 0.3 is 0 Å². The summed E-state index contributed by atoms with van der Waals surface area (Å²) in [6, 6.07) is 11.4. The molecule has 0 radical (unpaired) electrons. The quantitative estimate of drug-likeness (QED) is 0.729. The maximum absolute atomic E-state index is 12.7. The van der Waals surface area contributed by atoms with E-state index < -0.39 is 0 Å². The number of ether oxygens (including phenoxy) is 1. The van der Waals surface area contributed by atoms with Crippen molar-refractivity contribution in [3.63, 3.8) is 0 Å². The molecule has 128 valence electrons. The van der Waals surface area contributed by atoms with Gasteiger partial charge in [-0.2, -0.15) is 0 Å². The van der Waals surface area contributed by atoms with Crippen LogP contribution in [-0.4, -0.2) is 35.0 Å². The van der Waals surface area contributed by atoms with E-state index in [1.807, 2.05) is 48.2 Å². The summed E-state index contributed by atoms with van der Waals surface area (Å²) in [5.41, 5.74) is 1.78. The van der Waals surface area contributed by atoms with Crippen LogP contribution in [0.4, 0.5) is 0 Å². The molecule has 1 aromatic carbocycles. The highest BCUT2D eigenvalue weighted by molar-refractivity contribution is 5.96. The van der Waals surface area contributed by atoms with E-state index >= 15 is 0 Å². The Morgan fingerprint density at radius 1 is 1.24 bits per heavy atom. The largest absolute Gasteiger partial charge is 0.490 e. The van der Waals surface area contributed by atoms with Gasteiger partial charge in [-0.25, -0.2) is 0 Å². The van der Waals surface area contributed by atoms with Crippen LogP contribution in [-0.2, 0) is 0 Å². The second-order valence-corrected chi connectivity index (χ2v) is 6.40. The molecule has 1 amide bonds. The molecule has 0 atom stereocenters. The predicted molar refractivity (Wildman–Crippen MR) is 94.7 cm³/mol. The first-order chi connectivity index (χ1) is 12.2. The number of aryl methyl sites for hydroxylation is 1. The third kappa shape index (κ3) is 3.22. The molecule has 0 N–H and O–H groups in total. The molecule has 0 aliphatic carbocycles. The van der Waals surface area contributed by atoms with Crippen LogP contribution in [0.2, 0.25) is 0 Å². The van der Waals surface area contributed by atoms with Gasteiger partial charge < -0.3 is 14.1 Å². The molecule has 5 nitrogen and oxygen atoms in total. The van der Waals surface area contributed by atoms with E-state index in [0.29, 0.717) is 18.8 Å². The van der Waals surface area contributed by atoms with Crippen molar-refractivity contribution in [3.05, 3.63) is 60.1 Å². The molecule has 0 spiro atoms. The second-order valence-electron chi connectivity index (χ2n) is 6.40. The lowest BCUT2D eigenvalue weighted by Gasteiger charge is -2.31. The van der Waals surface area contributed by atoms with Gasteiger partial charge in [0.15, 0.2) is 5.76 Å². The molecule has 0 unspecified atom stereocenters. The van der Waals surface area contributed by atoms with Crippen molar-refractivity contribution in [2.75, 3.05) is 13.1 Å². The first-order valence-electron chi connectivity index (χ1n) is 8.56. The highest BCUT2D eigenvalue weighted by Crippen LogP contribution is 2.24. The number of carbonyl (C=O) groups excluding carboxylic acids is 1. The van der Waals surface area contributed by atoms with Crippen LogP contribution < -0.4 is 4.74 Å². The Morgan fingerprint density at radius 3 is 2.80 bits per heavy atom. The first-order valence-corrected chi connectivity index (χ1v) is 8.56. The van der Waals surface area contributed by atoms with E-state index in [1.54, 1.807) is 12.4 Å². The number of para-hydroxylation sites is 1. The topological polar surface area (TPSA) is 55.6 Å². The van der Waals surface area contributed by atoms with Crippen molar-refractivity contribution >= 4 is 16.9 Å². The molecule has 3 heterocycles. The molecule has 0 bridgehead atoms. The van der Waals surface area contributed by atoms with E-state index in [4.69, 9.17) is 9.15 Å². The molecule has 4 rings (SSSR count). The number of aromatic nitrogens is 1. The molecule has 2 aromatic heterocycles. The van der Waals surface area contributed by atoms with Crippen molar-refractivity contribution in [2.45, 2.75) is 25.9 Å². The normalized spacial score (nSPS) is 15.5. The van der Waals surface area contributed by atoms with Crippen LogP contribution in [0.3, 0.4) is 0 Å². The van der Waals surface area contributed by atoms with Crippen LogP contribution in [0.5, 0.6) is 5.75 Å². The molecule has 5 heteroatoms. The Morgan fingerprint density at radius 2 is 2.04 bits per heavy atom. The smallest absolute Gasteiger partial charge is 0.289 e. The maximum atomic E-state index is 12.7. The second kappa shape index (κ2) is 6.59. The fourth-order valence-electron chi connectivity index (χ4n) is 3.19. The van der Waals surface area contributed by atoms with Gasteiger partial charge in [-0.1, -0.05) is 18.2 Å². The number of nitrogens with zero attached hydrogens (tertiary/aromatic N) is 2. The summed E-state index contributed by atoms with van der Waals surface area (Å²) in [4.78, 5) is 18.6. The van der Waals surface area contributed by atoms with E-state index in [0.717, 1.165) is 35.1 Å². The van der Waals surface area contributed by atoms with Crippen molar-refractivity contribution in [1.29, 1.82) is 0 Å². The number of rotatable bonds is 3. The lowest BCUT2D eigenvalue weighted by Crippen LogP contribution is -2.41. The zero-order valence-electron chi connectivity index (χ0n) is 14.1. The van der Waals surface area contributed by atoms with Gasteiger partial charge in [-0.05, 0) is 25.1 Å². The minimum Gasteiger partial charge on any atom is -0.490 e. The van der Waals surface area contributed by atoms with Crippen LogP contribution in [0.15, 0.2) is 53.2 Å². The van der Waals surface area contributed by atoms with Crippen molar-refractivity contribution < 1.29 is 13.9 Å². The third-order valence-electron chi connectivity index (χ3n) is 4.63. The molecule has 1 fully saturated rings. The molecule has 1 aliphatic heterocycles. The average Bonchev–Trinajstić information content (AvgIpc) is 3.08. The zero-order chi connectivity index (χ0) is 17.2. The third-order valence-corrected chi connectivity index (χ3v) is 4.63. The number of pyridine rings is 1. The van der Waals surface area contributed by atoms with Crippen LogP contribution in [0, 0.1) is 6.92 Å². The Hall–Kier alpha value is -2.82. The molecule has 1 aliphatic rings. The number of amides is 1. The van der Waals surface area contributed by atoms with Gasteiger partial charge in [-0.15, -0.1) is 0 Å². The SMILES string of the molecule is Cc1cnccc1OC1CCN(C(=O)c2cc3ccccc3o2)CC1.